The minimum absolute atomic E-state index is 0.0798. The first-order valence-corrected chi connectivity index (χ1v) is 12.1. The highest BCUT2D eigenvalue weighted by Gasteiger charge is 2.25. The Morgan fingerprint density at radius 3 is 2.65 bits per heavy atom. The third kappa shape index (κ3) is 4.35. The molecule has 1 N–H and O–H groups in total. The molecule has 5 rings (SSSR count). The first-order chi connectivity index (χ1) is 16.4. The maximum absolute atomic E-state index is 13.4. The molecule has 176 valence electrons. The molecule has 5 heterocycles. The zero-order valence-corrected chi connectivity index (χ0v) is 20.3. The van der Waals surface area contributed by atoms with E-state index in [4.69, 9.17) is 10.1 Å². The van der Waals surface area contributed by atoms with E-state index in [0.717, 1.165) is 65.5 Å². The van der Waals surface area contributed by atoms with Gasteiger partial charge in [-0.05, 0) is 51.5 Å². The number of fused-ring (bicyclic) bond motifs is 2. The quantitative estimate of drug-likeness (QED) is 0.759. The second kappa shape index (κ2) is 9.06. The molecule has 1 fully saturated rings. The summed E-state index contributed by atoms with van der Waals surface area (Å²) < 4.78 is 1.89. The van der Waals surface area contributed by atoms with Crippen molar-refractivity contribution in [3.63, 3.8) is 0 Å². The van der Waals surface area contributed by atoms with Gasteiger partial charge in [0.2, 0.25) is 0 Å². The fourth-order valence-corrected chi connectivity index (χ4v) is 4.96. The lowest BCUT2D eigenvalue weighted by Gasteiger charge is -2.39. The van der Waals surface area contributed by atoms with Crippen molar-refractivity contribution in [3.8, 4) is 0 Å². The van der Waals surface area contributed by atoms with Gasteiger partial charge in [-0.2, -0.15) is 5.10 Å². The van der Waals surface area contributed by atoms with Gasteiger partial charge in [-0.15, -0.1) is 0 Å². The van der Waals surface area contributed by atoms with E-state index in [0.29, 0.717) is 12.1 Å². The predicted octanol–water partition coefficient (Wildman–Crippen LogP) is 3.75. The van der Waals surface area contributed by atoms with Crippen LogP contribution in [0.4, 0.5) is 0 Å². The maximum atomic E-state index is 13.4. The Kier molecular flexibility index (Phi) is 5.96. The van der Waals surface area contributed by atoms with Gasteiger partial charge in [-0.3, -0.25) is 14.7 Å². The monoisotopic (exact) mass is 456 g/mol. The Hall–Kier alpha value is -3.45. The lowest BCUT2D eigenvalue weighted by molar-refractivity contribution is -0.122. The average Bonchev–Trinajstić information content (AvgIpc) is 3.20. The summed E-state index contributed by atoms with van der Waals surface area (Å²) in [5.41, 5.74) is 6.45. The van der Waals surface area contributed by atoms with Gasteiger partial charge in [0.05, 0.1) is 34.5 Å². The van der Waals surface area contributed by atoms with Crippen molar-refractivity contribution in [2.75, 3.05) is 13.1 Å². The van der Waals surface area contributed by atoms with Crippen LogP contribution >= 0.6 is 0 Å². The SMILES string of the molecule is CCCc1nc(C)cn2nc(C3=C\C(=O)N4C=C(N5C[C@@H](C)N[C@@H](C)C5)C=C\C4=C/C=C/3)cc12. The van der Waals surface area contributed by atoms with Crippen LogP contribution in [-0.4, -0.2) is 55.5 Å². The molecule has 3 aliphatic rings. The van der Waals surface area contributed by atoms with Gasteiger partial charge in [0, 0.05) is 48.7 Å². The highest BCUT2D eigenvalue weighted by atomic mass is 16.2. The van der Waals surface area contributed by atoms with Crippen LogP contribution in [0, 0.1) is 6.92 Å². The van der Waals surface area contributed by atoms with Crippen molar-refractivity contribution in [2.45, 2.75) is 52.6 Å². The van der Waals surface area contributed by atoms with Crippen molar-refractivity contribution < 1.29 is 4.79 Å². The number of carbonyl (C=O) groups excluding carboxylic acids is 1. The molecule has 1 amide bonds. The number of aryl methyl sites for hydroxylation is 2. The molecular weight excluding hydrogens is 424 g/mol. The number of piperazine rings is 1. The molecule has 3 aliphatic heterocycles. The Balaban J connectivity index is 1.48. The highest BCUT2D eigenvalue weighted by Crippen LogP contribution is 2.26. The van der Waals surface area contributed by atoms with E-state index in [-0.39, 0.29) is 5.91 Å². The van der Waals surface area contributed by atoms with E-state index < -0.39 is 0 Å². The van der Waals surface area contributed by atoms with Crippen LogP contribution in [0.25, 0.3) is 11.1 Å². The number of aromatic nitrogens is 3. The fraction of sp³-hybridized carbons (Fsp3) is 0.370. The summed E-state index contributed by atoms with van der Waals surface area (Å²) in [5.74, 6) is -0.0798. The van der Waals surface area contributed by atoms with Gasteiger partial charge in [-0.1, -0.05) is 25.5 Å². The zero-order chi connectivity index (χ0) is 23.8. The second-order valence-electron chi connectivity index (χ2n) is 9.46. The lowest BCUT2D eigenvalue weighted by Crippen LogP contribution is -2.53. The summed E-state index contributed by atoms with van der Waals surface area (Å²) in [5, 5.41) is 8.34. The molecule has 1 saturated heterocycles. The van der Waals surface area contributed by atoms with Gasteiger partial charge in [0.25, 0.3) is 5.91 Å². The number of allylic oxidation sites excluding steroid dienone is 6. The fourth-order valence-electron chi connectivity index (χ4n) is 4.96. The number of rotatable bonds is 4. The molecule has 0 saturated carbocycles. The lowest BCUT2D eigenvalue weighted by atomic mass is 10.1. The minimum atomic E-state index is -0.0798. The van der Waals surface area contributed by atoms with E-state index in [1.807, 2.05) is 54.2 Å². The van der Waals surface area contributed by atoms with Crippen LogP contribution in [0.1, 0.15) is 44.3 Å². The van der Waals surface area contributed by atoms with Crippen molar-refractivity contribution in [1.82, 2.24) is 29.7 Å². The largest absolute Gasteiger partial charge is 0.367 e. The summed E-state index contributed by atoms with van der Waals surface area (Å²) in [6.45, 7) is 10.4. The molecule has 0 unspecified atom stereocenters. The average molecular weight is 457 g/mol. The summed E-state index contributed by atoms with van der Waals surface area (Å²) in [4.78, 5) is 22.2. The minimum Gasteiger partial charge on any atom is -0.367 e. The summed E-state index contributed by atoms with van der Waals surface area (Å²) >= 11 is 0. The Bertz CT molecular complexity index is 1270. The van der Waals surface area contributed by atoms with Crippen molar-refractivity contribution in [1.29, 1.82) is 0 Å². The Morgan fingerprint density at radius 2 is 1.88 bits per heavy atom. The number of nitrogens with zero attached hydrogens (tertiary/aromatic N) is 5. The van der Waals surface area contributed by atoms with Crippen LogP contribution in [0.2, 0.25) is 0 Å². The first-order valence-electron chi connectivity index (χ1n) is 12.1. The molecular formula is C27H32N6O. The molecule has 7 nitrogen and oxygen atoms in total. The third-order valence-corrected chi connectivity index (χ3v) is 6.38. The standard InChI is InChI=1S/C27H32N6O/c1-5-7-24-26-13-25(30-33(26)16-20(4)29-24)21-8-6-9-22-10-11-23(17-32(22)27(34)12-21)31-14-18(2)28-19(3)15-31/h6,8-13,16-19,28H,5,7,14-15H2,1-4H3/b8-6+,21-12+,22-9+/t18-,19+. The van der Waals surface area contributed by atoms with E-state index in [9.17, 15) is 4.79 Å². The van der Waals surface area contributed by atoms with Gasteiger partial charge in [-0.25, -0.2) is 4.52 Å². The third-order valence-electron chi connectivity index (χ3n) is 6.38. The molecule has 0 spiro atoms. The molecule has 0 aromatic carbocycles. The Morgan fingerprint density at radius 1 is 1.12 bits per heavy atom. The van der Waals surface area contributed by atoms with Crippen molar-refractivity contribution in [3.05, 3.63) is 83.4 Å². The second-order valence-corrected chi connectivity index (χ2v) is 9.46. The first kappa shape index (κ1) is 22.3. The van der Waals surface area contributed by atoms with Gasteiger partial charge in [0.1, 0.15) is 0 Å². The van der Waals surface area contributed by atoms with Gasteiger partial charge >= 0.3 is 0 Å². The van der Waals surface area contributed by atoms with E-state index in [1.54, 1.807) is 11.0 Å². The summed E-state index contributed by atoms with van der Waals surface area (Å²) in [7, 11) is 0. The van der Waals surface area contributed by atoms with Crippen LogP contribution in [-0.2, 0) is 11.2 Å². The number of hydrogen-bond acceptors (Lipinski definition) is 5. The zero-order valence-electron chi connectivity index (χ0n) is 20.3. The van der Waals surface area contributed by atoms with Gasteiger partial charge in [0.15, 0.2) is 0 Å². The molecule has 0 aliphatic carbocycles. The van der Waals surface area contributed by atoms with Crippen LogP contribution in [0.5, 0.6) is 0 Å². The smallest absolute Gasteiger partial charge is 0.255 e. The van der Waals surface area contributed by atoms with E-state index in [2.05, 4.69) is 37.1 Å². The van der Waals surface area contributed by atoms with E-state index >= 15 is 0 Å². The molecule has 34 heavy (non-hydrogen) atoms. The summed E-state index contributed by atoms with van der Waals surface area (Å²) in [6.07, 6.45) is 17.5. The molecule has 2 aromatic heterocycles. The number of amides is 1. The molecule has 2 atom stereocenters. The van der Waals surface area contributed by atoms with E-state index in [1.165, 1.54) is 0 Å². The Labute approximate surface area is 200 Å². The number of hydrogen-bond donors (Lipinski definition) is 1. The normalized spacial score (nSPS) is 26.8. The summed E-state index contributed by atoms with van der Waals surface area (Å²) in [6, 6.07) is 2.84. The highest BCUT2D eigenvalue weighted by molar-refractivity contribution is 5.99. The van der Waals surface area contributed by atoms with Crippen LogP contribution in [0.15, 0.2) is 66.3 Å². The van der Waals surface area contributed by atoms with Crippen LogP contribution in [0.3, 0.4) is 0 Å². The van der Waals surface area contributed by atoms with Crippen molar-refractivity contribution in [2.24, 2.45) is 0 Å². The molecule has 0 bridgehead atoms. The van der Waals surface area contributed by atoms with Gasteiger partial charge < -0.3 is 10.2 Å². The van der Waals surface area contributed by atoms with Crippen molar-refractivity contribution >= 4 is 17.0 Å². The van der Waals surface area contributed by atoms with Crippen LogP contribution < -0.4 is 5.32 Å². The number of nitrogens with one attached hydrogen (secondary N) is 1. The maximum Gasteiger partial charge on any atom is 0.255 e. The molecule has 0 radical (unpaired) electrons. The molecule has 2 aromatic rings. The number of carbonyl (C=O) groups is 1. The topological polar surface area (TPSA) is 65.8 Å². The molecule has 7 heteroatoms. The predicted molar refractivity (Wildman–Crippen MR) is 135 cm³/mol.